The summed E-state index contributed by atoms with van der Waals surface area (Å²) in [5.41, 5.74) is -0.765. The normalized spacial score (nSPS) is 16.5. The van der Waals surface area contributed by atoms with Crippen LogP contribution < -0.4 is 5.32 Å². The maximum Gasteiger partial charge on any atom is 0.271 e. The third kappa shape index (κ3) is 3.30. The zero-order valence-electron chi connectivity index (χ0n) is 10.1. The average molecular weight is 329 g/mol. The van der Waals surface area contributed by atoms with Gasteiger partial charge in [0.15, 0.2) is 0 Å². The summed E-state index contributed by atoms with van der Waals surface area (Å²) in [5.74, 6) is -0.426. The monoisotopic (exact) mass is 328 g/mol. The van der Waals surface area contributed by atoms with Crippen LogP contribution in [0.1, 0.15) is 29.6 Å². The summed E-state index contributed by atoms with van der Waals surface area (Å²) in [6.07, 6.45) is 2.30. The Morgan fingerprint density at radius 2 is 2.16 bits per heavy atom. The van der Waals surface area contributed by atoms with E-state index in [1.165, 1.54) is 18.2 Å². The second-order valence-corrected chi connectivity index (χ2v) is 5.63. The summed E-state index contributed by atoms with van der Waals surface area (Å²) in [5, 5.41) is 23.2. The average Bonchev–Trinajstić information content (AvgIpc) is 2.32. The Hall–Kier alpha value is -1.47. The molecular weight excluding hydrogens is 316 g/mol. The van der Waals surface area contributed by atoms with Gasteiger partial charge in [-0.05, 0) is 25.3 Å². The lowest BCUT2D eigenvalue weighted by Gasteiger charge is -2.36. The Morgan fingerprint density at radius 1 is 1.47 bits per heavy atom. The summed E-state index contributed by atoms with van der Waals surface area (Å²) in [4.78, 5) is 22.1. The summed E-state index contributed by atoms with van der Waals surface area (Å²) in [6.45, 7) is 0.173. The Kier molecular flexibility index (Phi) is 3.86. The Labute approximate surface area is 118 Å². The highest BCUT2D eigenvalue weighted by molar-refractivity contribution is 9.10. The highest BCUT2D eigenvalue weighted by atomic mass is 79.9. The summed E-state index contributed by atoms with van der Waals surface area (Å²) >= 11 is 3.13. The summed E-state index contributed by atoms with van der Waals surface area (Å²) in [6, 6.07) is 4.05. The van der Waals surface area contributed by atoms with Crippen molar-refractivity contribution in [2.24, 2.45) is 0 Å². The van der Waals surface area contributed by atoms with Gasteiger partial charge >= 0.3 is 0 Å². The molecule has 1 aliphatic carbocycles. The molecule has 0 radical (unpaired) electrons. The van der Waals surface area contributed by atoms with E-state index < -0.39 is 16.4 Å². The van der Waals surface area contributed by atoms with Crippen molar-refractivity contribution in [1.82, 2.24) is 5.32 Å². The summed E-state index contributed by atoms with van der Waals surface area (Å²) in [7, 11) is 0. The number of carbonyl (C=O) groups excluding carboxylic acids is 1. The first kappa shape index (κ1) is 14.0. The van der Waals surface area contributed by atoms with Gasteiger partial charge < -0.3 is 10.4 Å². The van der Waals surface area contributed by atoms with Crippen LogP contribution in [0.5, 0.6) is 0 Å². The number of carbonyl (C=O) groups is 1. The van der Waals surface area contributed by atoms with E-state index in [2.05, 4.69) is 21.2 Å². The first-order chi connectivity index (χ1) is 8.89. The van der Waals surface area contributed by atoms with Crippen LogP contribution in [-0.4, -0.2) is 28.1 Å². The van der Waals surface area contributed by atoms with E-state index in [9.17, 15) is 20.0 Å². The van der Waals surface area contributed by atoms with Gasteiger partial charge in [-0.25, -0.2) is 0 Å². The molecule has 0 saturated heterocycles. The molecule has 1 saturated carbocycles. The number of rotatable bonds is 4. The van der Waals surface area contributed by atoms with Crippen molar-refractivity contribution in [2.75, 3.05) is 6.54 Å². The second-order valence-electron chi connectivity index (χ2n) is 4.72. The number of aliphatic hydroxyl groups is 1. The quantitative estimate of drug-likeness (QED) is 0.653. The molecule has 2 rings (SSSR count). The highest BCUT2D eigenvalue weighted by Crippen LogP contribution is 2.30. The van der Waals surface area contributed by atoms with E-state index in [4.69, 9.17) is 0 Å². The van der Waals surface area contributed by atoms with Crippen molar-refractivity contribution in [1.29, 1.82) is 0 Å². The van der Waals surface area contributed by atoms with Gasteiger partial charge in [-0.3, -0.25) is 14.9 Å². The van der Waals surface area contributed by atoms with E-state index in [1.807, 2.05) is 0 Å². The Morgan fingerprint density at radius 3 is 2.68 bits per heavy atom. The molecule has 7 heteroatoms. The molecule has 0 atom stereocenters. The predicted molar refractivity (Wildman–Crippen MR) is 71.9 cm³/mol. The fraction of sp³-hybridized carbons (Fsp3) is 0.417. The van der Waals surface area contributed by atoms with Crippen molar-refractivity contribution in [3.63, 3.8) is 0 Å². The molecule has 1 aromatic carbocycles. The lowest BCUT2D eigenvalue weighted by molar-refractivity contribution is -0.385. The molecule has 6 nitrogen and oxygen atoms in total. The number of nitro benzene ring substituents is 1. The predicted octanol–water partition coefficient (Wildman–Crippen LogP) is 2.00. The van der Waals surface area contributed by atoms with E-state index in [-0.39, 0.29) is 17.8 Å². The lowest BCUT2D eigenvalue weighted by atomic mass is 9.80. The first-order valence-electron chi connectivity index (χ1n) is 5.85. The minimum Gasteiger partial charge on any atom is -0.388 e. The highest BCUT2D eigenvalue weighted by Gasteiger charge is 2.34. The van der Waals surface area contributed by atoms with Crippen LogP contribution in [0.4, 0.5) is 5.69 Å². The molecule has 2 N–H and O–H groups in total. The zero-order valence-corrected chi connectivity index (χ0v) is 11.6. The van der Waals surface area contributed by atoms with Crippen molar-refractivity contribution < 1.29 is 14.8 Å². The van der Waals surface area contributed by atoms with Crippen molar-refractivity contribution in [3.05, 3.63) is 38.3 Å². The molecule has 0 aromatic heterocycles. The smallest absolute Gasteiger partial charge is 0.271 e. The third-order valence-corrected chi connectivity index (χ3v) is 3.68. The number of nitrogens with one attached hydrogen (secondary N) is 1. The van der Waals surface area contributed by atoms with Gasteiger partial charge in [-0.15, -0.1) is 0 Å². The molecule has 0 aliphatic heterocycles. The molecule has 1 amide bonds. The van der Waals surface area contributed by atoms with E-state index in [0.717, 1.165) is 6.42 Å². The zero-order chi connectivity index (χ0) is 14.0. The largest absolute Gasteiger partial charge is 0.388 e. The van der Waals surface area contributed by atoms with Gasteiger partial charge in [-0.2, -0.15) is 0 Å². The van der Waals surface area contributed by atoms with Crippen LogP contribution in [0.3, 0.4) is 0 Å². The van der Waals surface area contributed by atoms with Gasteiger partial charge in [0.1, 0.15) is 0 Å². The Balaban J connectivity index is 2.08. The van der Waals surface area contributed by atoms with Crippen LogP contribution in [0, 0.1) is 10.1 Å². The van der Waals surface area contributed by atoms with Crippen LogP contribution in [0.25, 0.3) is 0 Å². The number of amides is 1. The minimum absolute atomic E-state index is 0.151. The third-order valence-electron chi connectivity index (χ3n) is 3.22. The molecule has 0 bridgehead atoms. The molecule has 1 aromatic rings. The van der Waals surface area contributed by atoms with Crippen LogP contribution >= 0.6 is 15.9 Å². The van der Waals surface area contributed by atoms with E-state index in [1.54, 1.807) is 0 Å². The lowest BCUT2D eigenvalue weighted by Crippen LogP contribution is -2.47. The van der Waals surface area contributed by atoms with Gasteiger partial charge in [0.05, 0.1) is 10.5 Å². The summed E-state index contributed by atoms with van der Waals surface area (Å²) < 4.78 is 0.467. The SMILES string of the molecule is O=C(NCC1(O)CCC1)c1cc(Br)cc([N+](=O)[O-])c1. The number of hydrogen-bond donors (Lipinski definition) is 2. The van der Waals surface area contributed by atoms with E-state index in [0.29, 0.717) is 17.3 Å². The van der Waals surface area contributed by atoms with Crippen LogP contribution in [-0.2, 0) is 0 Å². The number of nitrogens with zero attached hydrogens (tertiary/aromatic N) is 1. The molecule has 1 fully saturated rings. The second kappa shape index (κ2) is 5.26. The molecule has 0 spiro atoms. The van der Waals surface area contributed by atoms with Gasteiger partial charge in [-0.1, -0.05) is 15.9 Å². The van der Waals surface area contributed by atoms with Crippen LogP contribution in [0.2, 0.25) is 0 Å². The topological polar surface area (TPSA) is 92.5 Å². The number of hydrogen-bond acceptors (Lipinski definition) is 4. The first-order valence-corrected chi connectivity index (χ1v) is 6.64. The van der Waals surface area contributed by atoms with Crippen LogP contribution in [0.15, 0.2) is 22.7 Å². The molecule has 0 heterocycles. The molecule has 102 valence electrons. The van der Waals surface area contributed by atoms with Crippen molar-refractivity contribution >= 4 is 27.5 Å². The molecule has 1 aliphatic rings. The van der Waals surface area contributed by atoms with E-state index >= 15 is 0 Å². The fourth-order valence-corrected chi connectivity index (χ4v) is 2.40. The standard InChI is InChI=1S/C12H13BrN2O4/c13-9-4-8(5-10(6-9)15(18)19)11(16)14-7-12(17)2-1-3-12/h4-6,17H,1-3,7H2,(H,14,16). The minimum atomic E-state index is -0.812. The van der Waals surface area contributed by atoms with Gasteiger partial charge in [0.2, 0.25) is 0 Å². The number of nitro groups is 1. The van der Waals surface area contributed by atoms with Crippen molar-refractivity contribution in [2.45, 2.75) is 24.9 Å². The number of benzene rings is 1. The Bertz CT molecular complexity index is 528. The molecular formula is C12H13BrN2O4. The maximum absolute atomic E-state index is 11.9. The maximum atomic E-state index is 11.9. The number of halogens is 1. The molecule has 0 unspecified atom stereocenters. The number of non-ortho nitro benzene ring substituents is 1. The van der Waals surface area contributed by atoms with Crippen molar-refractivity contribution in [3.8, 4) is 0 Å². The fourth-order valence-electron chi connectivity index (χ4n) is 1.92. The molecule has 19 heavy (non-hydrogen) atoms. The van der Waals surface area contributed by atoms with Gasteiger partial charge in [0, 0.05) is 28.7 Å². The van der Waals surface area contributed by atoms with Gasteiger partial charge in [0.25, 0.3) is 11.6 Å².